The van der Waals surface area contributed by atoms with Crippen LogP contribution in [-0.4, -0.2) is 40.1 Å². The fourth-order valence-electron chi connectivity index (χ4n) is 3.81. The molecule has 0 amide bonds. The van der Waals surface area contributed by atoms with E-state index in [0.717, 1.165) is 11.5 Å². The predicted octanol–water partition coefficient (Wildman–Crippen LogP) is 2.73. The monoisotopic (exact) mass is 314 g/mol. The number of ether oxygens (including phenoxy) is 2. The highest BCUT2D eigenvalue weighted by atomic mass is 32.2. The molecule has 0 spiro atoms. The van der Waals surface area contributed by atoms with Gasteiger partial charge in [0.15, 0.2) is 12.1 Å². The fourth-order valence-corrected chi connectivity index (χ4v) is 5.04. The molecule has 21 heavy (non-hydrogen) atoms. The van der Waals surface area contributed by atoms with Crippen molar-refractivity contribution in [3.8, 4) is 0 Å². The van der Waals surface area contributed by atoms with E-state index in [9.17, 15) is 9.90 Å². The lowest BCUT2D eigenvalue weighted by Gasteiger charge is -2.45. The summed E-state index contributed by atoms with van der Waals surface area (Å²) in [6.07, 6.45) is 5.34. The van der Waals surface area contributed by atoms with Gasteiger partial charge in [0.05, 0.1) is 0 Å². The second-order valence-corrected chi connectivity index (χ2v) is 8.02. The zero-order valence-electron chi connectivity index (χ0n) is 13.0. The maximum atomic E-state index is 12.3. The number of ketones is 1. The number of unbranched alkanes of at least 4 members (excludes halogenated alkanes) is 3. The van der Waals surface area contributed by atoms with E-state index in [1.54, 1.807) is 6.92 Å². The molecular weight excluding hydrogens is 288 g/mol. The van der Waals surface area contributed by atoms with E-state index >= 15 is 0 Å². The molecule has 3 rings (SSSR count). The van der Waals surface area contributed by atoms with Gasteiger partial charge in [0.2, 0.25) is 0 Å². The minimum Gasteiger partial charge on any atom is -0.363 e. The fraction of sp³-hybridized carbons (Fsp3) is 0.938. The average Bonchev–Trinajstić information content (AvgIpc) is 2.59. The Balaban J connectivity index is 1.56. The van der Waals surface area contributed by atoms with E-state index in [0.29, 0.717) is 6.42 Å². The Morgan fingerprint density at radius 1 is 1.33 bits per heavy atom. The van der Waals surface area contributed by atoms with Crippen LogP contribution in [-0.2, 0) is 14.3 Å². The third kappa shape index (κ3) is 2.67. The molecule has 3 aliphatic rings. The molecule has 0 aromatic heterocycles. The molecule has 0 aromatic rings. The van der Waals surface area contributed by atoms with Gasteiger partial charge < -0.3 is 14.6 Å². The lowest BCUT2D eigenvalue weighted by Crippen LogP contribution is -2.59. The zero-order valence-corrected chi connectivity index (χ0v) is 13.8. The largest absolute Gasteiger partial charge is 0.363 e. The first kappa shape index (κ1) is 15.8. The molecule has 1 N–H and O–H groups in total. The number of rotatable bonds is 7. The van der Waals surface area contributed by atoms with Crippen LogP contribution in [0.15, 0.2) is 0 Å². The summed E-state index contributed by atoms with van der Waals surface area (Å²) in [6, 6.07) is 0. The minimum absolute atomic E-state index is 0.0903. The molecular formula is C16H26O4S. The molecule has 2 heterocycles. The van der Waals surface area contributed by atoms with E-state index in [-0.39, 0.29) is 24.0 Å². The second kappa shape index (κ2) is 5.84. The third-order valence-corrected chi connectivity index (χ3v) is 6.45. The van der Waals surface area contributed by atoms with Gasteiger partial charge in [-0.2, -0.15) is 11.8 Å². The Labute approximate surface area is 131 Å². The molecule has 1 saturated carbocycles. The summed E-state index contributed by atoms with van der Waals surface area (Å²) in [7, 11) is 0. The van der Waals surface area contributed by atoms with Crippen molar-refractivity contribution < 1.29 is 19.4 Å². The van der Waals surface area contributed by atoms with Crippen molar-refractivity contribution in [3.05, 3.63) is 0 Å². The van der Waals surface area contributed by atoms with Crippen molar-refractivity contribution in [2.75, 3.05) is 11.5 Å². The van der Waals surface area contributed by atoms with Crippen LogP contribution in [0.5, 0.6) is 0 Å². The number of aliphatic hydroxyl groups is 1. The smallest absolute Gasteiger partial charge is 0.198 e. The highest BCUT2D eigenvalue weighted by Crippen LogP contribution is 2.56. The lowest BCUT2D eigenvalue weighted by molar-refractivity contribution is -0.266. The number of thioether (sulfide) groups is 1. The van der Waals surface area contributed by atoms with Crippen molar-refractivity contribution >= 4 is 17.5 Å². The molecule has 3 bridgehead atoms. The molecule has 120 valence electrons. The number of carbonyl (C=O) groups excluding carboxylic acids is 1. The molecule has 4 nitrogen and oxygen atoms in total. The van der Waals surface area contributed by atoms with Gasteiger partial charge in [-0.1, -0.05) is 26.2 Å². The number of fused-ring (bicyclic) bond motifs is 2. The topological polar surface area (TPSA) is 55.8 Å². The Bertz CT molecular complexity index is 415. The average molecular weight is 314 g/mol. The van der Waals surface area contributed by atoms with E-state index in [1.165, 1.54) is 25.7 Å². The molecule has 5 atom stereocenters. The van der Waals surface area contributed by atoms with Crippen LogP contribution in [0, 0.1) is 11.8 Å². The van der Waals surface area contributed by atoms with Gasteiger partial charge >= 0.3 is 0 Å². The van der Waals surface area contributed by atoms with Gasteiger partial charge in [-0.15, -0.1) is 0 Å². The van der Waals surface area contributed by atoms with Crippen LogP contribution in [0.2, 0.25) is 0 Å². The summed E-state index contributed by atoms with van der Waals surface area (Å²) in [5.41, 5.74) is -0.841. The summed E-state index contributed by atoms with van der Waals surface area (Å²) < 4.78 is 11.7. The first-order valence-electron chi connectivity index (χ1n) is 8.17. The van der Waals surface area contributed by atoms with Gasteiger partial charge in [-0.25, -0.2) is 0 Å². The van der Waals surface area contributed by atoms with Crippen molar-refractivity contribution in [1.82, 2.24) is 0 Å². The van der Waals surface area contributed by atoms with Crippen LogP contribution in [0.3, 0.4) is 0 Å². The number of Topliss-reactive ketones (excluding diaryl/α,β-unsaturated/α-hetero) is 1. The van der Waals surface area contributed by atoms with E-state index < -0.39 is 17.7 Å². The maximum Gasteiger partial charge on any atom is 0.198 e. The van der Waals surface area contributed by atoms with Gasteiger partial charge in [-0.05, 0) is 19.1 Å². The second-order valence-electron chi connectivity index (χ2n) is 6.87. The normalized spacial score (nSPS) is 44.5. The molecule has 3 fully saturated rings. The molecule has 1 aliphatic carbocycles. The quantitative estimate of drug-likeness (QED) is 0.732. The van der Waals surface area contributed by atoms with Crippen LogP contribution in [0.4, 0.5) is 0 Å². The van der Waals surface area contributed by atoms with Crippen LogP contribution >= 0.6 is 11.8 Å². The molecule has 0 unspecified atom stereocenters. The van der Waals surface area contributed by atoms with Gasteiger partial charge in [0, 0.05) is 30.4 Å². The van der Waals surface area contributed by atoms with Crippen LogP contribution in [0.1, 0.15) is 52.4 Å². The molecule has 2 saturated heterocycles. The number of hydrogen-bond acceptors (Lipinski definition) is 5. The minimum atomic E-state index is -1.25. The SMILES string of the molecule is CCCCCCSC[C@H]1[C@H]2O[C@@]3(C)CC(=O)[C@@H]1C[C@]3(O)O2. The molecule has 0 aromatic carbocycles. The van der Waals surface area contributed by atoms with Crippen molar-refractivity contribution in [3.63, 3.8) is 0 Å². The van der Waals surface area contributed by atoms with Gasteiger partial charge in [0.1, 0.15) is 11.4 Å². The van der Waals surface area contributed by atoms with Gasteiger partial charge in [-0.3, -0.25) is 4.79 Å². The summed E-state index contributed by atoms with van der Waals surface area (Å²) in [5, 5.41) is 10.6. The van der Waals surface area contributed by atoms with Crippen molar-refractivity contribution in [1.29, 1.82) is 0 Å². The Hall–Kier alpha value is -0.100. The van der Waals surface area contributed by atoms with E-state index in [2.05, 4.69) is 6.92 Å². The van der Waals surface area contributed by atoms with Gasteiger partial charge in [0.25, 0.3) is 0 Å². The molecule has 5 heteroatoms. The summed E-state index contributed by atoms with van der Waals surface area (Å²) >= 11 is 1.89. The first-order chi connectivity index (χ1) is 9.99. The van der Waals surface area contributed by atoms with Crippen LogP contribution < -0.4 is 0 Å². The van der Waals surface area contributed by atoms with Crippen molar-refractivity contribution in [2.45, 2.75) is 70.1 Å². The summed E-state index contributed by atoms with van der Waals surface area (Å²) in [4.78, 5) is 12.3. The highest BCUT2D eigenvalue weighted by molar-refractivity contribution is 7.99. The Morgan fingerprint density at radius 3 is 2.90 bits per heavy atom. The molecule has 2 aliphatic heterocycles. The Morgan fingerprint density at radius 2 is 2.14 bits per heavy atom. The number of carbonyl (C=O) groups is 1. The summed E-state index contributed by atoms with van der Waals surface area (Å²) in [6.45, 7) is 4.02. The van der Waals surface area contributed by atoms with E-state index in [1.807, 2.05) is 11.8 Å². The highest BCUT2D eigenvalue weighted by Gasteiger charge is 2.69. The Kier molecular flexibility index (Phi) is 4.39. The maximum absolute atomic E-state index is 12.3. The van der Waals surface area contributed by atoms with Crippen molar-refractivity contribution in [2.24, 2.45) is 11.8 Å². The predicted molar refractivity (Wildman–Crippen MR) is 82.0 cm³/mol. The lowest BCUT2D eigenvalue weighted by atomic mass is 9.70. The van der Waals surface area contributed by atoms with Crippen LogP contribution in [0.25, 0.3) is 0 Å². The zero-order chi connectivity index (χ0) is 15.1. The summed E-state index contributed by atoms with van der Waals surface area (Å²) in [5.74, 6) is 1.01. The third-order valence-electron chi connectivity index (χ3n) is 5.25. The standard InChI is InChI=1S/C16H26O4S/c1-3-4-5-6-7-21-10-12-11-8-16(18)15(2,9-13(11)17)19-14(12)20-16/h11-12,14,18H,3-10H2,1-2H3/t11-,12-,14+,15+,16+/m1/s1. The first-order valence-corrected chi connectivity index (χ1v) is 9.33. The molecule has 0 radical (unpaired) electrons. The number of hydrogen-bond donors (Lipinski definition) is 1. The van der Waals surface area contributed by atoms with E-state index in [4.69, 9.17) is 9.47 Å².